The molecule has 7 nitrogen and oxygen atoms in total. The molecule has 136 valence electrons. The lowest BCUT2D eigenvalue weighted by Crippen LogP contribution is -2.30. The lowest BCUT2D eigenvalue weighted by molar-refractivity contribution is 0.570. The van der Waals surface area contributed by atoms with E-state index in [1.165, 1.54) is 22.6 Å². The number of hydrogen-bond donors (Lipinski definition) is 2. The molecule has 0 atom stereocenters. The fourth-order valence-corrected chi connectivity index (χ4v) is 3.77. The zero-order valence-electron chi connectivity index (χ0n) is 14.5. The van der Waals surface area contributed by atoms with Crippen molar-refractivity contribution in [3.05, 3.63) is 70.8 Å². The maximum Gasteiger partial charge on any atom is 0.258 e. The van der Waals surface area contributed by atoms with Crippen molar-refractivity contribution < 1.29 is 8.42 Å². The van der Waals surface area contributed by atoms with E-state index in [1.54, 1.807) is 44.3 Å². The molecule has 2 heterocycles. The summed E-state index contributed by atoms with van der Waals surface area (Å²) in [6.45, 7) is 3.90. The Bertz CT molecular complexity index is 1070. The first kappa shape index (κ1) is 18.1. The van der Waals surface area contributed by atoms with Crippen LogP contribution in [0.25, 0.3) is 5.65 Å². The molecule has 0 bridgehead atoms. The highest BCUT2D eigenvalue weighted by atomic mass is 32.2. The Labute approximate surface area is 151 Å². The van der Waals surface area contributed by atoms with Crippen molar-refractivity contribution in [3.8, 4) is 0 Å². The highest BCUT2D eigenvalue weighted by Gasteiger charge is 2.14. The Balaban J connectivity index is 1.74. The van der Waals surface area contributed by atoms with E-state index in [2.05, 4.69) is 15.0 Å². The molecule has 0 amide bonds. The molecule has 0 aliphatic carbocycles. The van der Waals surface area contributed by atoms with Crippen LogP contribution in [0.15, 0.2) is 64.4 Å². The van der Waals surface area contributed by atoms with Gasteiger partial charge in [0.15, 0.2) is 0 Å². The number of sulfonamides is 1. The molecule has 0 saturated heterocycles. The SMILES string of the molecule is CC(C)NS(=O)(=O)c1ccc(NCc2cc(=O)n3ccccc3n2)cc1. The molecule has 8 heteroatoms. The molecule has 0 saturated carbocycles. The summed E-state index contributed by atoms with van der Waals surface area (Å²) in [7, 11) is -3.51. The van der Waals surface area contributed by atoms with Gasteiger partial charge in [0.05, 0.1) is 17.1 Å². The van der Waals surface area contributed by atoms with E-state index in [4.69, 9.17) is 0 Å². The summed E-state index contributed by atoms with van der Waals surface area (Å²) >= 11 is 0. The maximum absolute atomic E-state index is 12.1. The average molecular weight is 372 g/mol. The molecule has 2 N–H and O–H groups in total. The van der Waals surface area contributed by atoms with E-state index in [0.29, 0.717) is 17.9 Å². The molecule has 0 aliphatic rings. The number of pyridine rings is 1. The van der Waals surface area contributed by atoms with Crippen LogP contribution in [-0.4, -0.2) is 23.8 Å². The second kappa shape index (κ2) is 7.27. The molecule has 0 unspecified atom stereocenters. The number of benzene rings is 1. The smallest absolute Gasteiger partial charge is 0.258 e. The Hall–Kier alpha value is -2.71. The van der Waals surface area contributed by atoms with Gasteiger partial charge >= 0.3 is 0 Å². The molecule has 26 heavy (non-hydrogen) atoms. The summed E-state index contributed by atoms with van der Waals surface area (Å²) in [6, 6.07) is 13.1. The van der Waals surface area contributed by atoms with Gasteiger partial charge in [-0.1, -0.05) is 6.07 Å². The Morgan fingerprint density at radius 2 is 1.85 bits per heavy atom. The minimum atomic E-state index is -3.51. The molecular formula is C18H20N4O3S. The van der Waals surface area contributed by atoms with Crippen molar-refractivity contribution in [2.45, 2.75) is 31.3 Å². The Morgan fingerprint density at radius 1 is 1.12 bits per heavy atom. The van der Waals surface area contributed by atoms with Gasteiger partial charge < -0.3 is 5.32 Å². The molecule has 2 aromatic heterocycles. The van der Waals surface area contributed by atoms with E-state index in [-0.39, 0.29) is 16.5 Å². The summed E-state index contributed by atoms with van der Waals surface area (Å²) in [5.74, 6) is 0. The fraction of sp³-hybridized carbons (Fsp3) is 0.222. The van der Waals surface area contributed by atoms with Crippen LogP contribution >= 0.6 is 0 Å². The lowest BCUT2D eigenvalue weighted by Gasteiger charge is -2.11. The zero-order chi connectivity index (χ0) is 18.7. The third-order valence-corrected chi connectivity index (χ3v) is 5.33. The quantitative estimate of drug-likeness (QED) is 0.690. The maximum atomic E-state index is 12.1. The van der Waals surface area contributed by atoms with Gasteiger partial charge in [0.2, 0.25) is 10.0 Å². The number of rotatable bonds is 6. The minimum Gasteiger partial charge on any atom is -0.379 e. The van der Waals surface area contributed by atoms with Gasteiger partial charge in [-0.05, 0) is 50.2 Å². The van der Waals surface area contributed by atoms with Crippen LogP contribution < -0.4 is 15.6 Å². The van der Waals surface area contributed by atoms with E-state index < -0.39 is 10.0 Å². The summed E-state index contributed by atoms with van der Waals surface area (Å²) in [6.07, 6.45) is 1.67. The molecular weight excluding hydrogens is 352 g/mol. The molecule has 3 aromatic rings. The van der Waals surface area contributed by atoms with E-state index in [0.717, 1.165) is 5.69 Å². The number of aromatic nitrogens is 2. The second-order valence-electron chi connectivity index (χ2n) is 6.17. The third-order valence-electron chi connectivity index (χ3n) is 3.65. The van der Waals surface area contributed by atoms with Crippen molar-refractivity contribution in [3.63, 3.8) is 0 Å². The summed E-state index contributed by atoms with van der Waals surface area (Å²) in [4.78, 5) is 16.7. The van der Waals surface area contributed by atoms with Gasteiger partial charge in [0, 0.05) is 24.0 Å². The second-order valence-corrected chi connectivity index (χ2v) is 7.88. The van der Waals surface area contributed by atoms with Gasteiger partial charge in [0.25, 0.3) is 5.56 Å². The first-order valence-corrected chi connectivity index (χ1v) is 9.67. The van der Waals surface area contributed by atoms with Gasteiger partial charge in [0.1, 0.15) is 5.65 Å². The number of nitrogens with zero attached hydrogens (tertiary/aromatic N) is 2. The Morgan fingerprint density at radius 3 is 2.54 bits per heavy atom. The lowest BCUT2D eigenvalue weighted by atomic mass is 10.3. The largest absolute Gasteiger partial charge is 0.379 e. The summed E-state index contributed by atoms with van der Waals surface area (Å²) in [5.41, 5.74) is 1.79. The molecule has 0 spiro atoms. The van der Waals surface area contributed by atoms with E-state index in [9.17, 15) is 13.2 Å². The van der Waals surface area contributed by atoms with Crippen LogP contribution in [-0.2, 0) is 16.6 Å². The van der Waals surface area contributed by atoms with Gasteiger partial charge in [-0.3, -0.25) is 9.20 Å². The standard InChI is InChI=1S/C18H20N4O3S/c1-13(2)21-26(24,25)16-8-6-14(7-9-16)19-12-15-11-18(23)22-10-4-3-5-17(22)20-15/h3-11,13,19,21H,12H2,1-2H3. The topological polar surface area (TPSA) is 92.6 Å². The Kier molecular flexibility index (Phi) is 5.06. The minimum absolute atomic E-state index is 0.145. The number of anilines is 1. The fourth-order valence-electron chi connectivity index (χ4n) is 2.52. The number of nitrogens with one attached hydrogen (secondary N) is 2. The monoisotopic (exact) mass is 372 g/mol. The molecule has 0 aliphatic heterocycles. The predicted octanol–water partition coefficient (Wildman–Crippen LogP) is 1.99. The van der Waals surface area contributed by atoms with Crippen LogP contribution in [0.2, 0.25) is 0 Å². The zero-order valence-corrected chi connectivity index (χ0v) is 15.3. The highest BCUT2D eigenvalue weighted by Crippen LogP contribution is 2.15. The van der Waals surface area contributed by atoms with Gasteiger partial charge in [-0.15, -0.1) is 0 Å². The van der Waals surface area contributed by atoms with Crippen LogP contribution in [0.3, 0.4) is 0 Å². The van der Waals surface area contributed by atoms with Gasteiger partial charge in [-0.25, -0.2) is 18.1 Å². The molecule has 3 rings (SSSR count). The van der Waals surface area contributed by atoms with Crippen LogP contribution in [0.1, 0.15) is 19.5 Å². The molecule has 0 fully saturated rings. The number of hydrogen-bond acceptors (Lipinski definition) is 5. The highest BCUT2D eigenvalue weighted by molar-refractivity contribution is 7.89. The van der Waals surface area contributed by atoms with E-state index >= 15 is 0 Å². The van der Waals surface area contributed by atoms with Crippen molar-refractivity contribution in [1.29, 1.82) is 0 Å². The van der Waals surface area contributed by atoms with Crippen molar-refractivity contribution in [1.82, 2.24) is 14.1 Å². The van der Waals surface area contributed by atoms with Crippen LogP contribution in [0, 0.1) is 0 Å². The predicted molar refractivity (Wildman–Crippen MR) is 101 cm³/mol. The van der Waals surface area contributed by atoms with Gasteiger partial charge in [-0.2, -0.15) is 0 Å². The van der Waals surface area contributed by atoms with Crippen molar-refractivity contribution >= 4 is 21.4 Å². The third kappa shape index (κ3) is 4.09. The van der Waals surface area contributed by atoms with Crippen molar-refractivity contribution in [2.24, 2.45) is 0 Å². The van der Waals surface area contributed by atoms with Crippen LogP contribution in [0.5, 0.6) is 0 Å². The first-order valence-electron chi connectivity index (χ1n) is 8.19. The molecule has 0 radical (unpaired) electrons. The summed E-state index contributed by atoms with van der Waals surface area (Å²) in [5, 5.41) is 3.15. The van der Waals surface area contributed by atoms with Crippen LogP contribution in [0.4, 0.5) is 5.69 Å². The van der Waals surface area contributed by atoms with E-state index in [1.807, 2.05) is 6.07 Å². The molecule has 1 aromatic carbocycles. The first-order chi connectivity index (χ1) is 12.3. The summed E-state index contributed by atoms with van der Waals surface area (Å²) < 4.78 is 28.3. The number of fused-ring (bicyclic) bond motifs is 1. The van der Waals surface area contributed by atoms with Crippen molar-refractivity contribution in [2.75, 3.05) is 5.32 Å². The average Bonchev–Trinajstić information content (AvgIpc) is 2.59. The normalized spacial score (nSPS) is 11.8.